The number of carbonyl (C=O) groups is 1. The lowest BCUT2D eigenvalue weighted by molar-refractivity contribution is 0.0947. The maximum absolute atomic E-state index is 13.2. The van der Waals surface area contributed by atoms with E-state index in [9.17, 15) is 9.90 Å². The van der Waals surface area contributed by atoms with Crippen molar-refractivity contribution in [2.45, 2.75) is 32.3 Å². The number of fused-ring (bicyclic) bond motifs is 1. The summed E-state index contributed by atoms with van der Waals surface area (Å²) in [6.07, 6.45) is 5.26. The van der Waals surface area contributed by atoms with E-state index in [1.807, 2.05) is 35.8 Å². The zero-order valence-corrected chi connectivity index (χ0v) is 17.7. The van der Waals surface area contributed by atoms with E-state index in [1.54, 1.807) is 31.6 Å². The molecule has 4 rings (SSSR count). The van der Waals surface area contributed by atoms with Crippen LogP contribution in [0.4, 0.5) is 0 Å². The number of aromatic nitrogens is 3. The van der Waals surface area contributed by atoms with E-state index in [1.165, 1.54) is 5.56 Å². The van der Waals surface area contributed by atoms with Crippen molar-refractivity contribution < 1.29 is 9.90 Å². The molecule has 158 valence electrons. The molecule has 0 aliphatic heterocycles. The molecule has 0 aliphatic carbocycles. The number of amides is 1. The van der Waals surface area contributed by atoms with E-state index >= 15 is 0 Å². The highest BCUT2D eigenvalue weighted by molar-refractivity contribution is 6.07. The first kappa shape index (κ1) is 20.8. The van der Waals surface area contributed by atoms with E-state index in [0.29, 0.717) is 24.5 Å². The minimum absolute atomic E-state index is 0.0235. The van der Waals surface area contributed by atoms with Gasteiger partial charge in [0.25, 0.3) is 5.91 Å². The molecular weight excluding hydrogens is 388 g/mol. The number of nitrogens with zero attached hydrogens (tertiary/aromatic N) is 3. The van der Waals surface area contributed by atoms with Gasteiger partial charge in [0.15, 0.2) is 0 Å². The van der Waals surface area contributed by atoms with Crippen LogP contribution in [0.25, 0.3) is 16.9 Å². The average Bonchev–Trinajstić information content (AvgIpc) is 3.17. The molecule has 2 atom stereocenters. The zero-order chi connectivity index (χ0) is 21.8. The molecule has 2 aromatic heterocycles. The largest absolute Gasteiger partial charge is 0.393 e. The topological polar surface area (TPSA) is 80.0 Å². The van der Waals surface area contributed by atoms with Gasteiger partial charge in [0.1, 0.15) is 0 Å². The summed E-state index contributed by atoms with van der Waals surface area (Å²) in [5.74, 6) is 0.383. The Balaban J connectivity index is 1.60. The minimum atomic E-state index is -0.458. The highest BCUT2D eigenvalue weighted by Crippen LogP contribution is 2.25. The van der Waals surface area contributed by atoms with E-state index in [-0.39, 0.29) is 11.8 Å². The fourth-order valence-electron chi connectivity index (χ4n) is 3.84. The standard InChI is InChI=1S/C25H26N4O2/c1-17-8-10-19(11-9-17)20(14-18(2)30)15-28-24(31)22-16-29(25-26-12-5-13-27-25)23-7-4-3-6-21(22)23/h3-13,16,18,20,30H,14-15H2,1-2H3,(H,28,31). The van der Waals surface area contributed by atoms with Gasteiger partial charge in [0.05, 0.1) is 17.2 Å². The summed E-state index contributed by atoms with van der Waals surface area (Å²) in [6, 6.07) is 17.7. The Morgan fingerprint density at radius 2 is 1.77 bits per heavy atom. The molecule has 2 unspecified atom stereocenters. The fraction of sp³-hybridized carbons (Fsp3) is 0.240. The number of hydrogen-bond donors (Lipinski definition) is 2. The van der Waals surface area contributed by atoms with Crippen LogP contribution in [0.2, 0.25) is 0 Å². The lowest BCUT2D eigenvalue weighted by Crippen LogP contribution is -2.29. The summed E-state index contributed by atoms with van der Waals surface area (Å²) in [5, 5.41) is 13.9. The number of hydrogen-bond acceptors (Lipinski definition) is 4. The average molecular weight is 415 g/mol. The monoisotopic (exact) mass is 414 g/mol. The molecule has 0 saturated heterocycles. The molecule has 4 aromatic rings. The van der Waals surface area contributed by atoms with Crippen LogP contribution in [-0.2, 0) is 0 Å². The van der Waals surface area contributed by atoms with E-state index in [0.717, 1.165) is 16.5 Å². The molecule has 0 fully saturated rings. The second-order valence-corrected chi connectivity index (χ2v) is 7.88. The predicted octanol–water partition coefficient (Wildman–Crippen LogP) is 4.01. The molecule has 0 saturated carbocycles. The first-order chi connectivity index (χ1) is 15.0. The van der Waals surface area contributed by atoms with Crippen molar-refractivity contribution in [1.29, 1.82) is 0 Å². The number of carbonyl (C=O) groups excluding carboxylic acids is 1. The van der Waals surface area contributed by atoms with E-state index in [2.05, 4.69) is 39.6 Å². The summed E-state index contributed by atoms with van der Waals surface area (Å²) >= 11 is 0. The quantitative estimate of drug-likeness (QED) is 0.479. The Morgan fingerprint density at radius 1 is 1.06 bits per heavy atom. The Bertz CT molecular complexity index is 1170. The molecule has 2 N–H and O–H groups in total. The van der Waals surface area contributed by atoms with Crippen molar-refractivity contribution in [3.05, 3.63) is 89.9 Å². The van der Waals surface area contributed by atoms with Crippen LogP contribution in [0.5, 0.6) is 0 Å². The highest BCUT2D eigenvalue weighted by atomic mass is 16.3. The number of aryl methyl sites for hydroxylation is 1. The predicted molar refractivity (Wildman–Crippen MR) is 121 cm³/mol. The van der Waals surface area contributed by atoms with Crippen molar-refractivity contribution in [1.82, 2.24) is 19.9 Å². The van der Waals surface area contributed by atoms with Gasteiger partial charge in [-0.1, -0.05) is 48.0 Å². The van der Waals surface area contributed by atoms with Gasteiger partial charge in [-0.25, -0.2) is 9.97 Å². The van der Waals surface area contributed by atoms with Gasteiger partial charge >= 0.3 is 0 Å². The van der Waals surface area contributed by atoms with Crippen molar-refractivity contribution >= 4 is 16.8 Å². The van der Waals surface area contributed by atoms with Crippen molar-refractivity contribution in [3.8, 4) is 5.95 Å². The summed E-state index contributed by atoms with van der Waals surface area (Å²) in [5.41, 5.74) is 3.73. The molecule has 0 spiro atoms. The van der Waals surface area contributed by atoms with E-state index < -0.39 is 6.10 Å². The number of benzene rings is 2. The lowest BCUT2D eigenvalue weighted by Gasteiger charge is -2.20. The summed E-state index contributed by atoms with van der Waals surface area (Å²) in [4.78, 5) is 21.8. The van der Waals surface area contributed by atoms with Gasteiger partial charge in [-0.15, -0.1) is 0 Å². The van der Waals surface area contributed by atoms with Crippen LogP contribution >= 0.6 is 0 Å². The lowest BCUT2D eigenvalue weighted by atomic mass is 9.92. The van der Waals surface area contributed by atoms with Gasteiger partial charge in [0.2, 0.25) is 5.95 Å². The van der Waals surface area contributed by atoms with Gasteiger partial charge in [-0.3, -0.25) is 9.36 Å². The second kappa shape index (κ2) is 9.10. The normalized spacial score (nSPS) is 13.1. The van der Waals surface area contributed by atoms with Crippen molar-refractivity contribution in [3.63, 3.8) is 0 Å². The zero-order valence-electron chi connectivity index (χ0n) is 17.7. The molecule has 31 heavy (non-hydrogen) atoms. The maximum Gasteiger partial charge on any atom is 0.253 e. The van der Waals surface area contributed by atoms with Gasteiger partial charge in [0, 0.05) is 36.4 Å². The number of aliphatic hydroxyl groups is 1. The third kappa shape index (κ3) is 4.64. The number of aliphatic hydroxyl groups excluding tert-OH is 1. The number of nitrogens with one attached hydrogen (secondary N) is 1. The third-order valence-electron chi connectivity index (χ3n) is 5.41. The summed E-state index contributed by atoms with van der Waals surface area (Å²) in [7, 11) is 0. The van der Waals surface area contributed by atoms with Crippen LogP contribution in [0, 0.1) is 6.92 Å². The minimum Gasteiger partial charge on any atom is -0.393 e. The summed E-state index contributed by atoms with van der Waals surface area (Å²) < 4.78 is 1.83. The second-order valence-electron chi connectivity index (χ2n) is 7.88. The molecular formula is C25H26N4O2. The van der Waals surface area contributed by atoms with Crippen LogP contribution in [0.3, 0.4) is 0 Å². The Kier molecular flexibility index (Phi) is 6.09. The summed E-state index contributed by atoms with van der Waals surface area (Å²) in [6.45, 7) is 4.26. The van der Waals surface area contributed by atoms with Crippen molar-refractivity contribution in [2.24, 2.45) is 0 Å². The number of para-hydroxylation sites is 1. The maximum atomic E-state index is 13.2. The van der Waals surface area contributed by atoms with Gasteiger partial charge in [-0.05, 0) is 38.0 Å². The van der Waals surface area contributed by atoms with Crippen molar-refractivity contribution in [2.75, 3.05) is 6.54 Å². The fourth-order valence-corrected chi connectivity index (χ4v) is 3.84. The molecule has 0 aliphatic rings. The molecule has 2 aromatic carbocycles. The van der Waals surface area contributed by atoms with Crippen LogP contribution < -0.4 is 5.32 Å². The Hall–Kier alpha value is -3.51. The van der Waals surface area contributed by atoms with E-state index in [4.69, 9.17) is 0 Å². The highest BCUT2D eigenvalue weighted by Gasteiger charge is 2.19. The molecule has 6 nitrogen and oxygen atoms in total. The van der Waals surface area contributed by atoms with Crippen LogP contribution in [0.1, 0.15) is 40.7 Å². The van der Waals surface area contributed by atoms with Crippen LogP contribution in [-0.4, -0.2) is 38.2 Å². The first-order valence-corrected chi connectivity index (χ1v) is 10.4. The molecule has 2 heterocycles. The molecule has 6 heteroatoms. The molecule has 0 radical (unpaired) electrons. The Labute approximate surface area is 181 Å². The van der Waals surface area contributed by atoms with Crippen LogP contribution in [0.15, 0.2) is 73.2 Å². The number of rotatable bonds is 7. The van der Waals surface area contributed by atoms with Gasteiger partial charge < -0.3 is 10.4 Å². The Morgan fingerprint density at radius 3 is 2.48 bits per heavy atom. The smallest absolute Gasteiger partial charge is 0.253 e. The molecule has 1 amide bonds. The first-order valence-electron chi connectivity index (χ1n) is 10.4. The van der Waals surface area contributed by atoms with Gasteiger partial charge in [-0.2, -0.15) is 0 Å². The third-order valence-corrected chi connectivity index (χ3v) is 5.41. The SMILES string of the molecule is Cc1ccc(C(CNC(=O)c2cn(-c3ncccn3)c3ccccc23)CC(C)O)cc1. The molecule has 0 bridgehead atoms.